The molecule has 0 aliphatic carbocycles. The molecule has 0 radical (unpaired) electrons. The van der Waals surface area contributed by atoms with E-state index < -0.39 is 0 Å². The minimum Gasteiger partial charge on any atom is -0.322 e. The molecule has 0 aromatic rings. The van der Waals surface area contributed by atoms with Gasteiger partial charge in [-0.25, -0.2) is 0 Å². The molecule has 0 aromatic heterocycles. The van der Waals surface area contributed by atoms with E-state index in [9.17, 15) is 9.70 Å². The first-order valence-corrected chi connectivity index (χ1v) is 4.84. The first-order chi connectivity index (χ1) is 5.63. The SMILES string of the molecule is CCSC(C)C(=O)N(C)CN=O. The topological polar surface area (TPSA) is 49.7 Å². The van der Waals surface area contributed by atoms with E-state index in [1.54, 1.807) is 18.8 Å². The van der Waals surface area contributed by atoms with E-state index in [1.807, 2.05) is 13.8 Å². The molecule has 5 heteroatoms. The van der Waals surface area contributed by atoms with Gasteiger partial charge in [0, 0.05) is 7.05 Å². The Hall–Kier alpha value is -0.580. The molecule has 0 fully saturated rings. The summed E-state index contributed by atoms with van der Waals surface area (Å²) < 4.78 is 0. The maximum absolute atomic E-state index is 11.3. The molecule has 0 saturated heterocycles. The Morgan fingerprint density at radius 1 is 1.67 bits per heavy atom. The Morgan fingerprint density at radius 3 is 2.67 bits per heavy atom. The lowest BCUT2D eigenvalue weighted by Crippen LogP contribution is -2.33. The van der Waals surface area contributed by atoms with Gasteiger partial charge in [0.15, 0.2) is 6.67 Å². The summed E-state index contributed by atoms with van der Waals surface area (Å²) in [6.45, 7) is 3.76. The molecular formula is C7H14N2O2S. The quantitative estimate of drug-likeness (QED) is 0.614. The van der Waals surface area contributed by atoms with Gasteiger partial charge in [-0.3, -0.25) is 4.79 Å². The molecule has 0 bridgehead atoms. The first kappa shape index (κ1) is 11.4. The van der Waals surface area contributed by atoms with Gasteiger partial charge in [0.05, 0.1) is 5.25 Å². The third-order valence-corrected chi connectivity index (χ3v) is 2.45. The first-order valence-electron chi connectivity index (χ1n) is 3.79. The van der Waals surface area contributed by atoms with E-state index in [2.05, 4.69) is 5.18 Å². The summed E-state index contributed by atoms with van der Waals surface area (Å²) in [5.41, 5.74) is 0. The number of nitroso groups, excluding NO2 is 1. The molecule has 0 rings (SSSR count). The average Bonchev–Trinajstić information content (AvgIpc) is 2.04. The van der Waals surface area contributed by atoms with Crippen LogP contribution in [0.4, 0.5) is 0 Å². The lowest BCUT2D eigenvalue weighted by molar-refractivity contribution is -0.128. The fourth-order valence-electron chi connectivity index (χ4n) is 0.788. The van der Waals surface area contributed by atoms with Crippen LogP contribution in [0.25, 0.3) is 0 Å². The minimum atomic E-state index is -0.0817. The highest BCUT2D eigenvalue weighted by Gasteiger charge is 2.16. The summed E-state index contributed by atoms with van der Waals surface area (Å²) in [6, 6.07) is 0. The summed E-state index contributed by atoms with van der Waals surface area (Å²) in [6.07, 6.45) is 0. The molecule has 12 heavy (non-hydrogen) atoms. The van der Waals surface area contributed by atoms with Crippen molar-refractivity contribution in [3.8, 4) is 0 Å². The van der Waals surface area contributed by atoms with Gasteiger partial charge in [-0.05, 0) is 17.9 Å². The van der Waals surface area contributed by atoms with Crippen molar-refractivity contribution in [2.24, 2.45) is 5.18 Å². The van der Waals surface area contributed by atoms with Gasteiger partial charge in [0.2, 0.25) is 5.91 Å². The summed E-state index contributed by atoms with van der Waals surface area (Å²) in [5.74, 6) is 0.858. The Bertz CT molecular complexity index is 163. The van der Waals surface area contributed by atoms with E-state index in [0.717, 1.165) is 5.75 Å². The largest absolute Gasteiger partial charge is 0.322 e. The van der Waals surface area contributed by atoms with E-state index in [4.69, 9.17) is 0 Å². The number of rotatable bonds is 5. The number of carbonyl (C=O) groups is 1. The Morgan fingerprint density at radius 2 is 2.25 bits per heavy atom. The molecule has 1 atom stereocenters. The fourth-order valence-corrected chi connectivity index (χ4v) is 1.61. The van der Waals surface area contributed by atoms with Gasteiger partial charge in [-0.1, -0.05) is 6.92 Å². The van der Waals surface area contributed by atoms with E-state index in [-0.39, 0.29) is 17.8 Å². The van der Waals surface area contributed by atoms with Crippen LogP contribution in [-0.2, 0) is 4.79 Å². The molecule has 0 aromatic carbocycles. The van der Waals surface area contributed by atoms with Crippen LogP contribution in [0.3, 0.4) is 0 Å². The molecule has 0 aliphatic heterocycles. The number of amides is 1. The van der Waals surface area contributed by atoms with Gasteiger partial charge >= 0.3 is 0 Å². The van der Waals surface area contributed by atoms with Gasteiger partial charge in [0.25, 0.3) is 0 Å². The number of hydrogen-bond acceptors (Lipinski definition) is 4. The summed E-state index contributed by atoms with van der Waals surface area (Å²) >= 11 is 1.56. The predicted octanol–water partition coefficient (Wildman–Crippen LogP) is 1.31. The number of thioether (sulfide) groups is 1. The standard InChI is InChI=1S/C7H14N2O2S/c1-4-12-6(2)7(10)9(3)5-8-11/h6H,4-5H2,1-3H3. The van der Waals surface area contributed by atoms with Crippen molar-refractivity contribution in [2.75, 3.05) is 19.5 Å². The number of nitrogens with zero attached hydrogens (tertiary/aromatic N) is 2. The van der Waals surface area contributed by atoms with Crippen molar-refractivity contribution >= 4 is 17.7 Å². The highest BCUT2D eigenvalue weighted by Crippen LogP contribution is 2.11. The highest BCUT2D eigenvalue weighted by atomic mass is 32.2. The maximum Gasteiger partial charge on any atom is 0.236 e. The Labute approximate surface area is 76.7 Å². The number of hydrogen-bond donors (Lipinski definition) is 0. The zero-order chi connectivity index (χ0) is 9.56. The maximum atomic E-state index is 11.3. The minimum absolute atomic E-state index is 0.0403. The molecule has 4 nitrogen and oxygen atoms in total. The molecule has 1 amide bonds. The van der Waals surface area contributed by atoms with Crippen LogP contribution in [0.5, 0.6) is 0 Å². The van der Waals surface area contributed by atoms with Crippen LogP contribution in [0.2, 0.25) is 0 Å². The molecule has 1 unspecified atom stereocenters. The zero-order valence-electron chi connectivity index (χ0n) is 7.61. The molecular weight excluding hydrogens is 176 g/mol. The second kappa shape index (κ2) is 5.99. The average molecular weight is 190 g/mol. The monoisotopic (exact) mass is 190 g/mol. The van der Waals surface area contributed by atoms with Crippen molar-refractivity contribution in [1.82, 2.24) is 4.90 Å². The third-order valence-electron chi connectivity index (χ3n) is 1.41. The van der Waals surface area contributed by atoms with Gasteiger partial charge in [0.1, 0.15) is 0 Å². The molecule has 0 N–H and O–H groups in total. The highest BCUT2D eigenvalue weighted by molar-refractivity contribution is 8.00. The lowest BCUT2D eigenvalue weighted by Gasteiger charge is -2.17. The van der Waals surface area contributed by atoms with Crippen molar-refractivity contribution < 1.29 is 4.79 Å². The molecule has 70 valence electrons. The summed E-state index contributed by atoms with van der Waals surface area (Å²) in [5, 5.41) is 2.56. The van der Waals surface area contributed by atoms with Gasteiger partial charge in [-0.15, -0.1) is 16.7 Å². The normalized spacial score (nSPS) is 12.2. The van der Waals surface area contributed by atoms with Crippen LogP contribution in [0.1, 0.15) is 13.8 Å². The molecule has 0 spiro atoms. The van der Waals surface area contributed by atoms with Crippen molar-refractivity contribution in [3.63, 3.8) is 0 Å². The third kappa shape index (κ3) is 3.71. The van der Waals surface area contributed by atoms with E-state index >= 15 is 0 Å². The fraction of sp³-hybridized carbons (Fsp3) is 0.857. The van der Waals surface area contributed by atoms with Crippen LogP contribution in [0, 0.1) is 4.91 Å². The van der Waals surface area contributed by atoms with Crippen LogP contribution >= 0.6 is 11.8 Å². The van der Waals surface area contributed by atoms with Crippen molar-refractivity contribution in [2.45, 2.75) is 19.1 Å². The second-order valence-electron chi connectivity index (χ2n) is 2.40. The summed E-state index contributed by atoms with van der Waals surface area (Å²) in [4.78, 5) is 22.5. The smallest absolute Gasteiger partial charge is 0.236 e. The van der Waals surface area contributed by atoms with Crippen molar-refractivity contribution in [1.29, 1.82) is 0 Å². The molecule has 0 aliphatic rings. The number of carbonyl (C=O) groups excluding carboxylic acids is 1. The Balaban J connectivity index is 3.90. The molecule has 0 heterocycles. The van der Waals surface area contributed by atoms with Crippen LogP contribution in [0.15, 0.2) is 5.18 Å². The van der Waals surface area contributed by atoms with Crippen LogP contribution in [-0.4, -0.2) is 35.5 Å². The Kier molecular flexibility index (Phi) is 5.70. The zero-order valence-corrected chi connectivity index (χ0v) is 8.43. The molecule has 0 saturated carbocycles. The van der Waals surface area contributed by atoms with Crippen LogP contribution < -0.4 is 0 Å². The van der Waals surface area contributed by atoms with Gasteiger partial charge < -0.3 is 4.90 Å². The lowest BCUT2D eigenvalue weighted by atomic mass is 10.4. The predicted molar refractivity (Wildman–Crippen MR) is 51.0 cm³/mol. The van der Waals surface area contributed by atoms with E-state index in [0.29, 0.717) is 0 Å². The van der Waals surface area contributed by atoms with E-state index in [1.165, 1.54) is 4.90 Å². The van der Waals surface area contributed by atoms with Crippen molar-refractivity contribution in [3.05, 3.63) is 4.91 Å². The summed E-state index contributed by atoms with van der Waals surface area (Å²) in [7, 11) is 1.58. The second-order valence-corrected chi connectivity index (χ2v) is 4.02. The van der Waals surface area contributed by atoms with Gasteiger partial charge in [-0.2, -0.15) is 0 Å².